The van der Waals surface area contributed by atoms with E-state index in [1.807, 2.05) is 30.3 Å². The SMILES string of the molecule is COc1ccc(CNC(=O)NCCc2ccccc2)c(C(F)(F)F)c1. The Morgan fingerprint density at radius 1 is 1.08 bits per heavy atom. The van der Waals surface area contributed by atoms with Crippen LogP contribution in [0.15, 0.2) is 48.5 Å². The number of ether oxygens (including phenoxy) is 1. The highest BCUT2D eigenvalue weighted by Crippen LogP contribution is 2.34. The summed E-state index contributed by atoms with van der Waals surface area (Å²) in [4.78, 5) is 11.8. The zero-order valence-electron chi connectivity index (χ0n) is 13.7. The number of urea groups is 1. The van der Waals surface area contributed by atoms with Crippen molar-refractivity contribution in [2.75, 3.05) is 13.7 Å². The zero-order valence-corrected chi connectivity index (χ0v) is 13.7. The summed E-state index contributed by atoms with van der Waals surface area (Å²) < 4.78 is 44.1. The van der Waals surface area contributed by atoms with E-state index in [1.165, 1.54) is 19.2 Å². The predicted molar refractivity (Wildman–Crippen MR) is 88.4 cm³/mol. The maximum atomic E-state index is 13.1. The van der Waals surface area contributed by atoms with Gasteiger partial charge in [0.05, 0.1) is 12.7 Å². The molecule has 0 radical (unpaired) electrons. The van der Waals surface area contributed by atoms with Gasteiger partial charge in [0.25, 0.3) is 0 Å². The summed E-state index contributed by atoms with van der Waals surface area (Å²) in [5.74, 6) is 0.114. The number of benzene rings is 2. The van der Waals surface area contributed by atoms with E-state index in [0.717, 1.165) is 11.6 Å². The summed E-state index contributed by atoms with van der Waals surface area (Å²) in [7, 11) is 1.30. The largest absolute Gasteiger partial charge is 0.497 e. The maximum absolute atomic E-state index is 13.1. The van der Waals surface area contributed by atoms with Crippen molar-refractivity contribution < 1.29 is 22.7 Å². The molecule has 0 atom stereocenters. The Kier molecular flexibility index (Phi) is 6.27. The third-order valence-electron chi connectivity index (χ3n) is 3.60. The number of carbonyl (C=O) groups is 1. The van der Waals surface area contributed by atoms with Crippen LogP contribution >= 0.6 is 0 Å². The molecule has 0 aliphatic rings. The fraction of sp³-hybridized carbons (Fsp3) is 0.278. The number of hydrogen-bond donors (Lipinski definition) is 2. The molecule has 2 N–H and O–H groups in total. The van der Waals surface area contributed by atoms with Crippen LogP contribution in [0.1, 0.15) is 16.7 Å². The summed E-state index contributed by atoms with van der Waals surface area (Å²) >= 11 is 0. The monoisotopic (exact) mass is 352 g/mol. The van der Waals surface area contributed by atoms with E-state index in [4.69, 9.17) is 4.74 Å². The Hall–Kier alpha value is -2.70. The van der Waals surface area contributed by atoms with Gasteiger partial charge in [0.2, 0.25) is 0 Å². The Labute approximate surface area is 144 Å². The second kappa shape index (κ2) is 8.41. The summed E-state index contributed by atoms with van der Waals surface area (Å²) in [5, 5.41) is 5.07. The summed E-state index contributed by atoms with van der Waals surface area (Å²) in [6.45, 7) is 0.167. The minimum atomic E-state index is -4.52. The molecule has 0 fully saturated rings. The quantitative estimate of drug-likeness (QED) is 0.832. The average Bonchev–Trinajstić information content (AvgIpc) is 2.60. The first-order valence-electron chi connectivity index (χ1n) is 7.70. The van der Waals surface area contributed by atoms with Crippen LogP contribution in [-0.2, 0) is 19.1 Å². The fourth-order valence-corrected chi connectivity index (χ4v) is 2.30. The molecule has 0 spiro atoms. The average molecular weight is 352 g/mol. The van der Waals surface area contributed by atoms with Gasteiger partial charge in [-0.3, -0.25) is 0 Å². The minimum Gasteiger partial charge on any atom is -0.497 e. The lowest BCUT2D eigenvalue weighted by Gasteiger charge is -2.15. The molecule has 4 nitrogen and oxygen atoms in total. The molecule has 0 unspecified atom stereocenters. The number of methoxy groups -OCH3 is 1. The smallest absolute Gasteiger partial charge is 0.416 e. The number of carbonyl (C=O) groups excluding carboxylic acids is 1. The van der Waals surface area contributed by atoms with Crippen molar-refractivity contribution >= 4 is 6.03 Å². The molecule has 7 heteroatoms. The van der Waals surface area contributed by atoms with Crippen molar-refractivity contribution in [2.24, 2.45) is 0 Å². The number of alkyl halides is 3. The molecular weight excluding hydrogens is 333 g/mol. The number of halogens is 3. The van der Waals surface area contributed by atoms with Crippen LogP contribution in [0, 0.1) is 0 Å². The Balaban J connectivity index is 1.89. The van der Waals surface area contributed by atoms with Gasteiger partial charge in [-0.2, -0.15) is 13.2 Å². The molecule has 0 aliphatic carbocycles. The van der Waals surface area contributed by atoms with Crippen LogP contribution in [0.5, 0.6) is 5.75 Å². The van der Waals surface area contributed by atoms with Crippen LogP contribution in [-0.4, -0.2) is 19.7 Å². The van der Waals surface area contributed by atoms with Gasteiger partial charge in [0, 0.05) is 13.1 Å². The van der Waals surface area contributed by atoms with E-state index in [2.05, 4.69) is 10.6 Å². The van der Waals surface area contributed by atoms with Crippen molar-refractivity contribution in [1.29, 1.82) is 0 Å². The molecule has 2 amide bonds. The lowest BCUT2D eigenvalue weighted by atomic mass is 10.1. The summed E-state index contributed by atoms with van der Waals surface area (Å²) in [6.07, 6.45) is -3.88. The van der Waals surface area contributed by atoms with E-state index in [1.54, 1.807) is 0 Å². The molecule has 2 rings (SSSR count). The molecule has 2 aromatic carbocycles. The number of hydrogen-bond acceptors (Lipinski definition) is 2. The van der Waals surface area contributed by atoms with Gasteiger partial charge in [-0.15, -0.1) is 0 Å². The maximum Gasteiger partial charge on any atom is 0.416 e. The highest BCUT2D eigenvalue weighted by atomic mass is 19.4. The van der Waals surface area contributed by atoms with Crippen molar-refractivity contribution in [3.05, 3.63) is 65.2 Å². The molecular formula is C18H19F3N2O2. The molecule has 0 heterocycles. The lowest BCUT2D eigenvalue weighted by molar-refractivity contribution is -0.138. The second-order valence-electron chi connectivity index (χ2n) is 5.37. The van der Waals surface area contributed by atoms with Crippen LogP contribution in [0.2, 0.25) is 0 Å². The van der Waals surface area contributed by atoms with Gasteiger partial charge in [0.1, 0.15) is 5.75 Å². The Morgan fingerprint density at radius 3 is 2.44 bits per heavy atom. The van der Waals surface area contributed by atoms with Gasteiger partial charge in [-0.05, 0) is 29.7 Å². The molecule has 2 aromatic rings. The number of amides is 2. The van der Waals surface area contributed by atoms with Crippen molar-refractivity contribution in [2.45, 2.75) is 19.1 Å². The molecule has 0 bridgehead atoms. The first-order chi connectivity index (χ1) is 11.9. The van der Waals surface area contributed by atoms with Crippen LogP contribution in [0.3, 0.4) is 0 Å². The predicted octanol–water partition coefficient (Wildman–Crippen LogP) is 3.76. The van der Waals surface area contributed by atoms with E-state index in [9.17, 15) is 18.0 Å². The number of nitrogens with one attached hydrogen (secondary N) is 2. The molecule has 134 valence electrons. The van der Waals surface area contributed by atoms with Crippen molar-refractivity contribution in [3.63, 3.8) is 0 Å². The van der Waals surface area contributed by atoms with Gasteiger partial charge < -0.3 is 15.4 Å². The van der Waals surface area contributed by atoms with Gasteiger partial charge >= 0.3 is 12.2 Å². The standard InChI is InChI=1S/C18H19F3N2O2/c1-25-15-8-7-14(16(11-15)18(19,20)21)12-23-17(24)22-10-9-13-5-3-2-4-6-13/h2-8,11H,9-10,12H2,1H3,(H2,22,23,24). The second-order valence-corrected chi connectivity index (χ2v) is 5.37. The van der Waals surface area contributed by atoms with E-state index in [-0.39, 0.29) is 17.9 Å². The molecule has 0 aliphatic heterocycles. The number of rotatable bonds is 6. The van der Waals surface area contributed by atoms with E-state index < -0.39 is 17.8 Å². The first-order valence-corrected chi connectivity index (χ1v) is 7.70. The summed E-state index contributed by atoms with van der Waals surface area (Å²) in [6, 6.07) is 12.7. The highest BCUT2D eigenvalue weighted by Gasteiger charge is 2.33. The lowest BCUT2D eigenvalue weighted by Crippen LogP contribution is -2.36. The Bertz CT molecular complexity index is 703. The van der Waals surface area contributed by atoms with Gasteiger partial charge in [0.15, 0.2) is 0 Å². The Morgan fingerprint density at radius 2 is 1.80 bits per heavy atom. The third kappa shape index (κ3) is 5.70. The molecule has 0 saturated carbocycles. The van der Waals surface area contributed by atoms with Crippen molar-refractivity contribution in [3.8, 4) is 5.75 Å². The summed E-state index contributed by atoms with van der Waals surface area (Å²) in [5.41, 5.74) is 0.222. The van der Waals surface area contributed by atoms with Crippen LogP contribution in [0.25, 0.3) is 0 Å². The van der Waals surface area contributed by atoms with E-state index >= 15 is 0 Å². The topological polar surface area (TPSA) is 50.4 Å². The third-order valence-corrected chi connectivity index (χ3v) is 3.60. The highest BCUT2D eigenvalue weighted by molar-refractivity contribution is 5.73. The van der Waals surface area contributed by atoms with Crippen molar-refractivity contribution in [1.82, 2.24) is 10.6 Å². The van der Waals surface area contributed by atoms with Gasteiger partial charge in [-0.25, -0.2) is 4.79 Å². The zero-order chi connectivity index (χ0) is 18.3. The molecule has 0 saturated heterocycles. The first kappa shape index (κ1) is 18.6. The molecule has 0 aromatic heterocycles. The molecule has 25 heavy (non-hydrogen) atoms. The van der Waals surface area contributed by atoms with Crippen LogP contribution < -0.4 is 15.4 Å². The van der Waals surface area contributed by atoms with E-state index in [0.29, 0.717) is 13.0 Å². The fourth-order valence-electron chi connectivity index (χ4n) is 2.30. The van der Waals surface area contributed by atoms with Crippen LogP contribution in [0.4, 0.5) is 18.0 Å². The van der Waals surface area contributed by atoms with Gasteiger partial charge in [-0.1, -0.05) is 36.4 Å². The normalized spacial score (nSPS) is 11.0. The minimum absolute atomic E-state index is 0.0218.